The van der Waals surface area contributed by atoms with Crippen molar-refractivity contribution in [3.8, 4) is 6.07 Å². The number of H-pyrrole nitrogens is 1. The molecule has 2 unspecified atom stereocenters. The molecule has 3 rings (SSSR count). The Morgan fingerprint density at radius 3 is 2.88 bits per heavy atom. The Balaban J connectivity index is 1.55. The van der Waals surface area contributed by atoms with E-state index in [-0.39, 0.29) is 29.9 Å². The lowest BCUT2D eigenvalue weighted by Gasteiger charge is -2.14. The number of hydrogen-bond donors (Lipinski definition) is 3. The zero-order valence-electron chi connectivity index (χ0n) is 14.7. The second kappa shape index (κ2) is 7.82. The van der Waals surface area contributed by atoms with Crippen molar-refractivity contribution < 1.29 is 9.53 Å². The lowest BCUT2D eigenvalue weighted by atomic mass is 10.0. The van der Waals surface area contributed by atoms with E-state index in [0.717, 1.165) is 25.0 Å². The second-order valence-corrected chi connectivity index (χ2v) is 6.57. The number of nitrogens with zero attached hydrogens (tertiary/aromatic N) is 4. The van der Waals surface area contributed by atoms with E-state index in [2.05, 4.69) is 30.8 Å². The first-order valence-corrected chi connectivity index (χ1v) is 8.55. The molecule has 136 valence electrons. The van der Waals surface area contributed by atoms with E-state index < -0.39 is 0 Å². The van der Waals surface area contributed by atoms with Crippen molar-refractivity contribution in [2.45, 2.75) is 51.2 Å². The van der Waals surface area contributed by atoms with Gasteiger partial charge in [-0.3, -0.25) is 5.10 Å². The molecule has 0 aliphatic heterocycles. The van der Waals surface area contributed by atoms with Gasteiger partial charge in [0.15, 0.2) is 11.5 Å². The van der Waals surface area contributed by atoms with Gasteiger partial charge in [-0.05, 0) is 33.1 Å². The minimum atomic E-state index is -0.364. The van der Waals surface area contributed by atoms with Crippen molar-refractivity contribution in [3.63, 3.8) is 0 Å². The highest BCUT2D eigenvalue weighted by Crippen LogP contribution is 2.36. The van der Waals surface area contributed by atoms with Gasteiger partial charge in [0.05, 0.1) is 12.4 Å². The van der Waals surface area contributed by atoms with Crippen LogP contribution in [0.4, 0.5) is 16.4 Å². The number of carbonyl (C=O) groups is 1. The summed E-state index contributed by atoms with van der Waals surface area (Å²) in [5, 5.41) is 21.8. The van der Waals surface area contributed by atoms with Gasteiger partial charge in [0.2, 0.25) is 0 Å². The Hall–Kier alpha value is -3.15. The Kier molecular flexibility index (Phi) is 5.31. The highest BCUT2D eigenvalue weighted by molar-refractivity contribution is 5.67. The molecular formula is C17H21N7O2. The third-order valence-corrected chi connectivity index (χ3v) is 4.12. The molecule has 1 saturated carbocycles. The molecule has 9 heteroatoms. The first-order chi connectivity index (χ1) is 12.5. The van der Waals surface area contributed by atoms with Crippen LogP contribution in [0, 0.1) is 11.3 Å². The summed E-state index contributed by atoms with van der Waals surface area (Å²) in [6.45, 7) is 3.80. The molecule has 1 fully saturated rings. The molecule has 2 heterocycles. The van der Waals surface area contributed by atoms with Crippen LogP contribution in [0.15, 0.2) is 18.5 Å². The van der Waals surface area contributed by atoms with Crippen LogP contribution in [0.25, 0.3) is 0 Å². The van der Waals surface area contributed by atoms with Crippen molar-refractivity contribution in [2.75, 3.05) is 5.32 Å². The van der Waals surface area contributed by atoms with Gasteiger partial charge < -0.3 is 15.4 Å². The maximum atomic E-state index is 11.7. The lowest BCUT2D eigenvalue weighted by Crippen LogP contribution is -2.33. The monoisotopic (exact) mass is 355 g/mol. The SMILES string of the molecule is CC(C)NC(=O)OC1CCC(c2cc(Nc3cnc(C#N)cn3)n[nH]2)C1. The summed E-state index contributed by atoms with van der Waals surface area (Å²) in [4.78, 5) is 19.8. The molecule has 1 aliphatic carbocycles. The average Bonchev–Trinajstić information content (AvgIpc) is 3.24. The predicted molar refractivity (Wildman–Crippen MR) is 93.8 cm³/mol. The van der Waals surface area contributed by atoms with Gasteiger partial charge in [0.25, 0.3) is 0 Å². The third kappa shape index (κ3) is 4.47. The number of amides is 1. The second-order valence-electron chi connectivity index (χ2n) is 6.57. The standard InChI is InChI=1S/C17H21N7O2/c1-10(2)21-17(25)26-13-4-3-11(5-13)14-6-15(24-23-14)22-16-9-19-12(7-18)8-20-16/h6,8-11,13H,3-5H2,1-2H3,(H,21,25)(H2,20,22,23,24). The van der Waals surface area contributed by atoms with Gasteiger partial charge >= 0.3 is 6.09 Å². The number of aromatic nitrogens is 4. The molecule has 2 aromatic rings. The van der Waals surface area contributed by atoms with Crippen LogP contribution in [-0.2, 0) is 4.74 Å². The Morgan fingerprint density at radius 2 is 2.19 bits per heavy atom. The minimum absolute atomic E-state index is 0.0614. The molecule has 2 aromatic heterocycles. The summed E-state index contributed by atoms with van der Waals surface area (Å²) in [5.41, 5.74) is 1.25. The topological polar surface area (TPSA) is 129 Å². The largest absolute Gasteiger partial charge is 0.446 e. The number of anilines is 2. The normalized spacial score (nSPS) is 19.2. The van der Waals surface area contributed by atoms with Crippen LogP contribution in [0.3, 0.4) is 0 Å². The van der Waals surface area contributed by atoms with Crippen molar-refractivity contribution in [2.24, 2.45) is 0 Å². The van der Waals surface area contributed by atoms with Crippen LogP contribution in [0.1, 0.15) is 50.4 Å². The number of carbonyl (C=O) groups excluding carboxylic acids is 1. The summed E-state index contributed by atoms with van der Waals surface area (Å²) in [5.74, 6) is 1.41. The van der Waals surface area contributed by atoms with E-state index in [1.54, 1.807) is 0 Å². The molecule has 0 aromatic carbocycles. The number of rotatable bonds is 5. The molecule has 0 spiro atoms. The predicted octanol–water partition coefficient (Wildman–Crippen LogP) is 2.59. The summed E-state index contributed by atoms with van der Waals surface area (Å²) in [6.07, 6.45) is 4.97. The number of nitriles is 1. The number of hydrogen-bond acceptors (Lipinski definition) is 7. The number of alkyl carbamates (subject to hydrolysis) is 1. The van der Waals surface area contributed by atoms with Crippen LogP contribution in [-0.4, -0.2) is 38.4 Å². The molecule has 1 amide bonds. The first kappa shape index (κ1) is 17.7. The summed E-state index contributed by atoms with van der Waals surface area (Å²) >= 11 is 0. The Morgan fingerprint density at radius 1 is 1.35 bits per heavy atom. The lowest BCUT2D eigenvalue weighted by molar-refractivity contribution is 0.0981. The van der Waals surface area contributed by atoms with E-state index in [1.807, 2.05) is 26.0 Å². The fourth-order valence-corrected chi connectivity index (χ4v) is 2.94. The van der Waals surface area contributed by atoms with Crippen molar-refractivity contribution in [1.82, 2.24) is 25.5 Å². The van der Waals surface area contributed by atoms with Crippen molar-refractivity contribution >= 4 is 17.7 Å². The summed E-state index contributed by atoms with van der Waals surface area (Å²) < 4.78 is 5.45. The Bertz CT molecular complexity index is 794. The van der Waals surface area contributed by atoms with Gasteiger partial charge in [0.1, 0.15) is 18.0 Å². The zero-order chi connectivity index (χ0) is 18.5. The molecule has 3 N–H and O–H groups in total. The molecule has 0 bridgehead atoms. The third-order valence-electron chi connectivity index (χ3n) is 4.12. The van der Waals surface area contributed by atoms with Gasteiger partial charge in [-0.15, -0.1) is 0 Å². The highest BCUT2D eigenvalue weighted by Gasteiger charge is 2.30. The quantitative estimate of drug-likeness (QED) is 0.751. The zero-order valence-corrected chi connectivity index (χ0v) is 14.7. The van der Waals surface area contributed by atoms with E-state index in [9.17, 15) is 4.79 Å². The molecule has 9 nitrogen and oxygen atoms in total. The van der Waals surface area contributed by atoms with Crippen LogP contribution < -0.4 is 10.6 Å². The van der Waals surface area contributed by atoms with Gasteiger partial charge in [-0.1, -0.05) is 0 Å². The minimum Gasteiger partial charge on any atom is -0.446 e. The molecule has 0 saturated heterocycles. The molecular weight excluding hydrogens is 334 g/mol. The molecule has 1 aliphatic rings. The maximum Gasteiger partial charge on any atom is 0.407 e. The van der Waals surface area contributed by atoms with Crippen molar-refractivity contribution in [1.29, 1.82) is 5.26 Å². The van der Waals surface area contributed by atoms with Gasteiger partial charge in [-0.25, -0.2) is 14.8 Å². The van der Waals surface area contributed by atoms with Gasteiger partial charge in [0, 0.05) is 23.7 Å². The van der Waals surface area contributed by atoms with E-state index in [0.29, 0.717) is 11.6 Å². The smallest absolute Gasteiger partial charge is 0.407 e. The summed E-state index contributed by atoms with van der Waals surface area (Å²) in [7, 11) is 0. The molecule has 2 atom stereocenters. The molecule has 26 heavy (non-hydrogen) atoms. The Labute approximate surface area is 151 Å². The number of nitrogens with one attached hydrogen (secondary N) is 3. The van der Waals surface area contributed by atoms with Gasteiger partial charge in [-0.2, -0.15) is 10.4 Å². The summed E-state index contributed by atoms with van der Waals surface area (Å²) in [6, 6.07) is 3.90. The van der Waals surface area contributed by atoms with E-state index in [1.165, 1.54) is 12.4 Å². The van der Waals surface area contributed by atoms with Crippen LogP contribution in [0.5, 0.6) is 0 Å². The fraction of sp³-hybridized carbons (Fsp3) is 0.471. The highest BCUT2D eigenvalue weighted by atomic mass is 16.6. The molecule has 0 radical (unpaired) electrons. The fourth-order valence-electron chi connectivity index (χ4n) is 2.94. The first-order valence-electron chi connectivity index (χ1n) is 8.55. The van der Waals surface area contributed by atoms with Crippen LogP contribution in [0.2, 0.25) is 0 Å². The van der Waals surface area contributed by atoms with Crippen LogP contribution >= 0.6 is 0 Å². The number of aromatic amines is 1. The number of ether oxygens (including phenoxy) is 1. The maximum absolute atomic E-state index is 11.7. The van der Waals surface area contributed by atoms with E-state index >= 15 is 0 Å². The van der Waals surface area contributed by atoms with Crippen molar-refractivity contribution in [3.05, 3.63) is 29.8 Å². The average molecular weight is 355 g/mol. The van der Waals surface area contributed by atoms with E-state index in [4.69, 9.17) is 10.00 Å².